The van der Waals surface area contributed by atoms with E-state index in [0.717, 1.165) is 49.7 Å². The lowest BCUT2D eigenvalue weighted by Gasteiger charge is -2.36. The molecule has 1 amide bonds. The first-order valence-electron chi connectivity index (χ1n) is 12.6. The fraction of sp³-hybridized carbons (Fsp3) is 0.267. The topological polar surface area (TPSA) is 75.6 Å². The van der Waals surface area contributed by atoms with Crippen LogP contribution in [0.3, 0.4) is 0 Å². The van der Waals surface area contributed by atoms with Gasteiger partial charge in [0.15, 0.2) is 11.5 Å². The van der Waals surface area contributed by atoms with Gasteiger partial charge in [0.2, 0.25) is 0 Å². The van der Waals surface area contributed by atoms with E-state index in [9.17, 15) is 4.79 Å². The normalized spacial score (nSPS) is 13.8. The third-order valence-electron chi connectivity index (χ3n) is 6.34. The number of ether oxygens (including phenoxy) is 3. The lowest BCUT2D eigenvalue weighted by Crippen LogP contribution is -2.46. The second-order valence-electron chi connectivity index (χ2n) is 8.84. The summed E-state index contributed by atoms with van der Waals surface area (Å²) in [4.78, 5) is 17.3. The molecule has 0 atom stereocenters. The number of hydrogen-bond donors (Lipinski definition) is 1. The van der Waals surface area contributed by atoms with Gasteiger partial charge >= 0.3 is 0 Å². The Balaban J connectivity index is 1.26. The Labute approximate surface area is 224 Å². The molecule has 1 aliphatic heterocycles. The van der Waals surface area contributed by atoms with Crippen LogP contribution in [0, 0.1) is 0 Å². The number of nitrogens with zero attached hydrogens (tertiary/aromatic N) is 3. The third-order valence-corrected chi connectivity index (χ3v) is 6.34. The summed E-state index contributed by atoms with van der Waals surface area (Å²) < 4.78 is 16.4. The average molecular weight is 515 g/mol. The SMILES string of the molecule is C=CCOc1ccc(/C=N\NC(=O)c2ccc(CN3CCN(c4ccccc4OC)CC3)cc2)cc1OC. The number of nitrogens with one attached hydrogen (secondary N) is 1. The molecule has 1 fully saturated rings. The molecule has 8 nitrogen and oxygen atoms in total. The van der Waals surface area contributed by atoms with E-state index in [1.807, 2.05) is 48.5 Å². The van der Waals surface area contributed by atoms with Gasteiger partial charge in [0.05, 0.1) is 26.1 Å². The minimum Gasteiger partial charge on any atom is -0.495 e. The molecule has 198 valence electrons. The summed E-state index contributed by atoms with van der Waals surface area (Å²) in [5, 5.41) is 4.09. The fourth-order valence-electron chi connectivity index (χ4n) is 4.32. The Morgan fingerprint density at radius 3 is 2.39 bits per heavy atom. The number of carbonyl (C=O) groups excluding carboxylic acids is 1. The van der Waals surface area contributed by atoms with Crippen LogP contribution in [0.25, 0.3) is 0 Å². The first-order valence-corrected chi connectivity index (χ1v) is 12.6. The molecular weight excluding hydrogens is 480 g/mol. The standard InChI is InChI=1S/C30H34N4O4/c1-4-19-38-28-14-11-24(20-29(28)37-3)21-31-32-30(35)25-12-9-23(10-13-25)22-33-15-17-34(18-16-33)26-7-5-6-8-27(26)36-2/h4-14,20-21H,1,15-19,22H2,2-3H3,(H,32,35)/b31-21-. The second kappa shape index (κ2) is 13.3. The summed E-state index contributed by atoms with van der Waals surface area (Å²) in [6, 6.07) is 21.2. The van der Waals surface area contributed by atoms with Crippen molar-refractivity contribution in [1.29, 1.82) is 0 Å². The summed E-state index contributed by atoms with van der Waals surface area (Å²) in [5.41, 5.74) is 6.22. The van der Waals surface area contributed by atoms with Crippen molar-refractivity contribution >= 4 is 17.8 Å². The van der Waals surface area contributed by atoms with Gasteiger partial charge in [-0.25, -0.2) is 5.43 Å². The van der Waals surface area contributed by atoms with Crippen molar-refractivity contribution in [3.63, 3.8) is 0 Å². The van der Waals surface area contributed by atoms with Gasteiger partial charge in [-0.2, -0.15) is 5.10 Å². The van der Waals surface area contributed by atoms with E-state index in [1.165, 1.54) is 5.56 Å². The van der Waals surface area contributed by atoms with Crippen molar-refractivity contribution in [3.05, 3.63) is 96.1 Å². The van der Waals surface area contributed by atoms with E-state index >= 15 is 0 Å². The fourth-order valence-corrected chi connectivity index (χ4v) is 4.32. The van der Waals surface area contributed by atoms with Crippen LogP contribution in [0.5, 0.6) is 17.2 Å². The highest BCUT2D eigenvalue weighted by Gasteiger charge is 2.19. The van der Waals surface area contributed by atoms with Crippen molar-refractivity contribution in [3.8, 4) is 17.2 Å². The van der Waals surface area contributed by atoms with Gasteiger partial charge in [-0.3, -0.25) is 9.69 Å². The minimum absolute atomic E-state index is 0.267. The zero-order chi connectivity index (χ0) is 26.7. The van der Waals surface area contributed by atoms with Crippen molar-refractivity contribution < 1.29 is 19.0 Å². The molecule has 3 aromatic rings. The summed E-state index contributed by atoms with van der Waals surface area (Å²) >= 11 is 0. The molecule has 0 bridgehead atoms. The van der Waals surface area contributed by atoms with Crippen LogP contribution in [-0.2, 0) is 6.54 Å². The lowest BCUT2D eigenvalue weighted by atomic mass is 10.1. The lowest BCUT2D eigenvalue weighted by molar-refractivity contribution is 0.0955. The molecule has 1 saturated heterocycles. The van der Waals surface area contributed by atoms with E-state index in [1.54, 1.807) is 38.6 Å². The third kappa shape index (κ3) is 6.92. The van der Waals surface area contributed by atoms with Crippen LogP contribution >= 0.6 is 0 Å². The number of piperazine rings is 1. The van der Waals surface area contributed by atoms with E-state index < -0.39 is 0 Å². The Hall–Kier alpha value is -4.30. The van der Waals surface area contributed by atoms with Crippen molar-refractivity contribution in [2.45, 2.75) is 6.54 Å². The number of amides is 1. The van der Waals surface area contributed by atoms with Gasteiger partial charge in [0.1, 0.15) is 12.4 Å². The quantitative estimate of drug-likeness (QED) is 0.233. The highest BCUT2D eigenvalue weighted by atomic mass is 16.5. The zero-order valence-corrected chi connectivity index (χ0v) is 21.9. The first kappa shape index (κ1) is 26.8. The molecule has 4 rings (SSSR count). The van der Waals surface area contributed by atoms with Crippen molar-refractivity contribution in [2.75, 3.05) is 51.9 Å². The van der Waals surface area contributed by atoms with Crippen LogP contribution < -0.4 is 24.5 Å². The van der Waals surface area contributed by atoms with Gasteiger partial charge < -0.3 is 19.1 Å². The molecule has 0 aromatic heterocycles. The highest BCUT2D eigenvalue weighted by Crippen LogP contribution is 2.29. The number of hydrogen-bond acceptors (Lipinski definition) is 7. The Bertz CT molecular complexity index is 1250. The monoisotopic (exact) mass is 514 g/mol. The van der Waals surface area contributed by atoms with Gasteiger partial charge in [0.25, 0.3) is 5.91 Å². The average Bonchev–Trinajstić information content (AvgIpc) is 2.97. The maximum absolute atomic E-state index is 12.5. The maximum atomic E-state index is 12.5. The zero-order valence-electron chi connectivity index (χ0n) is 21.9. The molecule has 1 N–H and O–H groups in total. The smallest absolute Gasteiger partial charge is 0.271 e. The van der Waals surface area contributed by atoms with Crippen LogP contribution in [-0.4, -0.2) is 64.0 Å². The Morgan fingerprint density at radius 1 is 0.947 bits per heavy atom. The van der Waals surface area contributed by atoms with Crippen LogP contribution in [0.2, 0.25) is 0 Å². The van der Waals surface area contributed by atoms with Gasteiger partial charge in [0, 0.05) is 38.3 Å². The predicted molar refractivity (Wildman–Crippen MR) is 151 cm³/mol. The number of benzene rings is 3. The molecule has 0 aliphatic carbocycles. The summed E-state index contributed by atoms with van der Waals surface area (Å²) in [6.45, 7) is 8.67. The molecule has 3 aromatic carbocycles. The molecule has 8 heteroatoms. The van der Waals surface area contributed by atoms with E-state index in [2.05, 4.69) is 33.0 Å². The van der Waals surface area contributed by atoms with Crippen molar-refractivity contribution in [2.24, 2.45) is 5.10 Å². The number of methoxy groups -OCH3 is 2. The molecule has 1 aliphatic rings. The Morgan fingerprint density at radius 2 is 1.68 bits per heavy atom. The number of anilines is 1. The van der Waals surface area contributed by atoms with Gasteiger partial charge in [-0.05, 0) is 53.6 Å². The second-order valence-corrected chi connectivity index (χ2v) is 8.84. The molecular formula is C30H34N4O4. The summed E-state index contributed by atoms with van der Waals surface area (Å²) in [7, 11) is 3.29. The molecule has 0 radical (unpaired) electrons. The van der Waals surface area contributed by atoms with Crippen LogP contribution in [0.1, 0.15) is 21.5 Å². The van der Waals surface area contributed by atoms with Gasteiger partial charge in [-0.1, -0.05) is 36.9 Å². The van der Waals surface area contributed by atoms with Crippen LogP contribution in [0.4, 0.5) is 5.69 Å². The number of carbonyl (C=O) groups is 1. The maximum Gasteiger partial charge on any atom is 0.271 e. The molecule has 1 heterocycles. The first-order chi connectivity index (χ1) is 18.6. The molecule has 0 spiro atoms. The summed E-state index contributed by atoms with van der Waals surface area (Å²) in [5.74, 6) is 1.84. The summed E-state index contributed by atoms with van der Waals surface area (Å²) in [6.07, 6.45) is 3.23. The number of para-hydroxylation sites is 2. The largest absolute Gasteiger partial charge is 0.495 e. The van der Waals surface area contributed by atoms with Crippen molar-refractivity contribution in [1.82, 2.24) is 10.3 Å². The number of hydrazone groups is 1. The van der Waals surface area contributed by atoms with E-state index in [4.69, 9.17) is 14.2 Å². The van der Waals surface area contributed by atoms with E-state index in [0.29, 0.717) is 23.7 Å². The van der Waals surface area contributed by atoms with E-state index in [-0.39, 0.29) is 5.91 Å². The molecule has 0 unspecified atom stereocenters. The highest BCUT2D eigenvalue weighted by molar-refractivity contribution is 5.95. The Kier molecular flexibility index (Phi) is 9.37. The molecule has 38 heavy (non-hydrogen) atoms. The molecule has 0 saturated carbocycles. The number of rotatable bonds is 11. The minimum atomic E-state index is -0.267. The predicted octanol–water partition coefficient (Wildman–Crippen LogP) is 4.35. The van der Waals surface area contributed by atoms with Crippen LogP contribution in [0.15, 0.2) is 84.5 Å². The van der Waals surface area contributed by atoms with Gasteiger partial charge in [-0.15, -0.1) is 0 Å².